The number of hydrogen-bond donors (Lipinski definition) is 2. The molecule has 1 rings (SSSR count). The summed E-state index contributed by atoms with van der Waals surface area (Å²) in [7, 11) is 0. The Bertz CT molecular complexity index is 398. The Morgan fingerprint density at radius 1 is 1.67 bits per heavy atom. The summed E-state index contributed by atoms with van der Waals surface area (Å²) in [6.07, 6.45) is -2.00. The Labute approximate surface area is 88.7 Å². The number of nitrogens with zero attached hydrogens (tertiary/aromatic N) is 1. The molecular weight excluding hydrogens is 230 g/mol. The molecule has 4 nitrogen and oxygen atoms in total. The van der Waals surface area contributed by atoms with E-state index in [2.05, 4.69) is 4.98 Å². The minimum absolute atomic E-state index is 0.0842. The predicted octanol–water partition coefficient (Wildman–Crippen LogP) is 2.04. The van der Waals surface area contributed by atoms with Crippen LogP contribution in [0.25, 0.3) is 0 Å². The van der Waals surface area contributed by atoms with E-state index in [0.29, 0.717) is 0 Å². The van der Waals surface area contributed by atoms with Crippen molar-refractivity contribution in [2.24, 2.45) is 0 Å². The number of nitrogen functional groups attached to an aromatic ring is 1. The molecule has 15 heavy (non-hydrogen) atoms. The summed E-state index contributed by atoms with van der Waals surface area (Å²) in [5.41, 5.74) is 4.08. The zero-order chi connectivity index (χ0) is 11.6. The maximum absolute atomic E-state index is 12.4. The molecule has 1 heterocycles. The van der Waals surface area contributed by atoms with E-state index in [4.69, 9.17) is 22.4 Å². The quantitative estimate of drug-likeness (QED) is 0.788. The number of aromatic carboxylic acids is 1. The number of alkyl halides is 3. The predicted molar refractivity (Wildman–Crippen MR) is 50.1 cm³/mol. The molecule has 0 fully saturated rings. The van der Waals surface area contributed by atoms with E-state index in [-0.39, 0.29) is 17.1 Å². The van der Waals surface area contributed by atoms with Gasteiger partial charge in [-0.15, -0.1) is 11.6 Å². The second-order valence-electron chi connectivity index (χ2n) is 2.69. The molecule has 1 aromatic heterocycles. The maximum atomic E-state index is 12.4. The Kier molecular flexibility index (Phi) is 3.41. The number of carboxylic acid groups (broad SMARTS) is 1. The van der Waals surface area contributed by atoms with Crippen molar-refractivity contribution in [2.45, 2.75) is 12.3 Å². The second kappa shape index (κ2) is 4.39. The molecule has 0 unspecified atom stereocenters. The molecule has 0 radical (unpaired) electrons. The first kappa shape index (κ1) is 11.6. The van der Waals surface area contributed by atoms with Crippen LogP contribution in [0.3, 0.4) is 0 Å². The lowest BCUT2D eigenvalue weighted by Gasteiger charge is -2.10. The van der Waals surface area contributed by atoms with Crippen LogP contribution in [0.1, 0.15) is 28.0 Å². The Balaban J connectivity index is 3.39. The van der Waals surface area contributed by atoms with Gasteiger partial charge in [0.1, 0.15) is 0 Å². The van der Waals surface area contributed by atoms with Crippen molar-refractivity contribution in [1.29, 1.82) is 0 Å². The largest absolute Gasteiger partial charge is 0.476 e. The smallest absolute Gasteiger partial charge is 0.356 e. The number of aromatic nitrogens is 1. The number of hydrogen-bond acceptors (Lipinski definition) is 3. The number of carboxylic acids is 1. The lowest BCUT2D eigenvalue weighted by atomic mass is 10.1. The summed E-state index contributed by atoms with van der Waals surface area (Å²) < 4.78 is 24.9. The lowest BCUT2D eigenvalue weighted by molar-refractivity contribution is 0.0691. The first-order chi connectivity index (χ1) is 6.99. The Hall–Kier alpha value is -1.43. The number of nitrogens with two attached hydrogens (primary N) is 1. The van der Waals surface area contributed by atoms with Gasteiger partial charge in [0.15, 0.2) is 5.69 Å². The van der Waals surface area contributed by atoms with E-state index < -0.39 is 23.7 Å². The van der Waals surface area contributed by atoms with E-state index in [9.17, 15) is 13.6 Å². The number of halogens is 3. The molecule has 0 atom stereocenters. The second-order valence-corrected chi connectivity index (χ2v) is 2.96. The maximum Gasteiger partial charge on any atom is 0.356 e. The third-order valence-corrected chi connectivity index (χ3v) is 2.10. The summed E-state index contributed by atoms with van der Waals surface area (Å²) in [5, 5.41) is 8.64. The highest BCUT2D eigenvalue weighted by Crippen LogP contribution is 2.29. The molecular formula is C8H7ClF2N2O2. The Morgan fingerprint density at radius 3 is 2.67 bits per heavy atom. The van der Waals surface area contributed by atoms with Crippen LogP contribution >= 0.6 is 11.6 Å². The van der Waals surface area contributed by atoms with Gasteiger partial charge in [0.2, 0.25) is 0 Å². The molecule has 0 amide bonds. The van der Waals surface area contributed by atoms with E-state index in [1.54, 1.807) is 0 Å². The highest BCUT2D eigenvalue weighted by Gasteiger charge is 2.20. The average Bonchev–Trinajstić information content (AvgIpc) is 2.16. The minimum atomic E-state index is -2.78. The van der Waals surface area contributed by atoms with Crippen LogP contribution in [0.15, 0.2) is 6.20 Å². The van der Waals surface area contributed by atoms with Crippen molar-refractivity contribution < 1.29 is 18.7 Å². The molecule has 0 aliphatic carbocycles. The minimum Gasteiger partial charge on any atom is -0.476 e. The van der Waals surface area contributed by atoms with Crippen LogP contribution in [0.4, 0.5) is 14.5 Å². The van der Waals surface area contributed by atoms with Gasteiger partial charge in [0.05, 0.1) is 11.6 Å². The molecule has 7 heteroatoms. The molecule has 1 aromatic rings. The molecule has 0 aliphatic rings. The normalized spacial score (nSPS) is 10.7. The van der Waals surface area contributed by atoms with Gasteiger partial charge >= 0.3 is 5.97 Å². The molecule has 0 bridgehead atoms. The zero-order valence-electron chi connectivity index (χ0n) is 7.38. The average molecular weight is 237 g/mol. The van der Waals surface area contributed by atoms with Crippen LogP contribution < -0.4 is 5.73 Å². The van der Waals surface area contributed by atoms with Crippen LogP contribution in [0, 0.1) is 0 Å². The zero-order valence-corrected chi connectivity index (χ0v) is 8.13. The first-order valence-corrected chi connectivity index (χ1v) is 4.37. The molecule has 0 spiro atoms. The molecule has 0 saturated carbocycles. The molecule has 0 saturated heterocycles. The topological polar surface area (TPSA) is 76.2 Å². The molecule has 0 aromatic carbocycles. The number of rotatable bonds is 3. The SMILES string of the molecule is Nc1c(C(=O)O)ncc(C(F)F)c1CCl. The van der Waals surface area contributed by atoms with Gasteiger partial charge in [0, 0.05) is 17.3 Å². The van der Waals surface area contributed by atoms with Crippen molar-refractivity contribution in [3.63, 3.8) is 0 Å². The van der Waals surface area contributed by atoms with E-state index >= 15 is 0 Å². The fourth-order valence-corrected chi connectivity index (χ4v) is 1.39. The van der Waals surface area contributed by atoms with Gasteiger partial charge in [-0.25, -0.2) is 18.6 Å². The highest BCUT2D eigenvalue weighted by atomic mass is 35.5. The summed E-state index contributed by atoms with van der Waals surface area (Å²) >= 11 is 5.42. The van der Waals surface area contributed by atoms with Gasteiger partial charge in [-0.05, 0) is 0 Å². The lowest BCUT2D eigenvalue weighted by Crippen LogP contribution is -2.10. The van der Waals surface area contributed by atoms with E-state index in [1.165, 1.54) is 0 Å². The summed E-state index contributed by atoms with van der Waals surface area (Å²) in [5.74, 6) is -1.66. The van der Waals surface area contributed by atoms with Crippen LogP contribution in [-0.4, -0.2) is 16.1 Å². The summed E-state index contributed by atoms with van der Waals surface area (Å²) in [6.45, 7) is 0. The van der Waals surface area contributed by atoms with Gasteiger partial charge in [-0.2, -0.15) is 0 Å². The third kappa shape index (κ3) is 2.15. The fraction of sp³-hybridized carbons (Fsp3) is 0.250. The van der Waals surface area contributed by atoms with Crippen molar-refractivity contribution >= 4 is 23.3 Å². The number of pyridine rings is 1. The van der Waals surface area contributed by atoms with Crippen molar-refractivity contribution in [3.05, 3.63) is 23.0 Å². The van der Waals surface area contributed by atoms with Crippen molar-refractivity contribution in [2.75, 3.05) is 5.73 Å². The van der Waals surface area contributed by atoms with Crippen LogP contribution in [0.2, 0.25) is 0 Å². The highest BCUT2D eigenvalue weighted by molar-refractivity contribution is 6.17. The van der Waals surface area contributed by atoms with Crippen LogP contribution in [-0.2, 0) is 5.88 Å². The Morgan fingerprint density at radius 2 is 2.27 bits per heavy atom. The standard InChI is InChI=1S/C8H7ClF2N2O2/c9-1-3-4(7(10)11)2-13-6(5(3)12)8(14)15/h2,7H,1,12H2,(H,14,15). The fourth-order valence-electron chi connectivity index (χ4n) is 1.09. The van der Waals surface area contributed by atoms with E-state index in [1.807, 2.05) is 0 Å². The third-order valence-electron chi connectivity index (χ3n) is 1.83. The first-order valence-electron chi connectivity index (χ1n) is 3.83. The number of anilines is 1. The van der Waals surface area contributed by atoms with Gasteiger partial charge in [-0.3, -0.25) is 0 Å². The van der Waals surface area contributed by atoms with Crippen molar-refractivity contribution in [3.8, 4) is 0 Å². The molecule has 0 aliphatic heterocycles. The van der Waals surface area contributed by atoms with Crippen LogP contribution in [0.5, 0.6) is 0 Å². The molecule has 3 N–H and O–H groups in total. The summed E-state index contributed by atoms with van der Waals surface area (Å²) in [6, 6.07) is 0. The van der Waals surface area contributed by atoms with Gasteiger partial charge in [-0.1, -0.05) is 0 Å². The molecule has 82 valence electrons. The monoisotopic (exact) mass is 236 g/mol. The van der Waals surface area contributed by atoms with Crippen molar-refractivity contribution in [1.82, 2.24) is 4.98 Å². The van der Waals surface area contributed by atoms with E-state index in [0.717, 1.165) is 6.20 Å². The van der Waals surface area contributed by atoms with Gasteiger partial charge < -0.3 is 10.8 Å². The van der Waals surface area contributed by atoms with Gasteiger partial charge in [0.25, 0.3) is 6.43 Å². The summed E-state index contributed by atoms with van der Waals surface area (Å²) in [4.78, 5) is 13.9. The number of carbonyl (C=O) groups is 1.